The van der Waals surface area contributed by atoms with E-state index in [1.807, 2.05) is 24.3 Å². The Bertz CT molecular complexity index is 948. The molecule has 0 radical (unpaired) electrons. The van der Waals surface area contributed by atoms with E-state index in [0.717, 1.165) is 47.5 Å². The lowest BCUT2D eigenvalue weighted by molar-refractivity contribution is -0.116. The van der Waals surface area contributed by atoms with Crippen LogP contribution in [0.25, 0.3) is 0 Å². The Morgan fingerprint density at radius 3 is 2.52 bits per heavy atom. The molecule has 0 amide bonds. The zero-order valence-electron chi connectivity index (χ0n) is 16.9. The second kappa shape index (κ2) is 8.37. The molecule has 1 heterocycles. The Hall–Kier alpha value is -2.66. The number of carbonyl (C=O) groups excluding carboxylic acids is 1. The summed E-state index contributed by atoms with van der Waals surface area (Å²) >= 11 is 5.59. The fraction of sp³-hybridized carbons (Fsp3) is 0.333. The molecule has 1 unspecified atom stereocenters. The summed E-state index contributed by atoms with van der Waals surface area (Å²) in [6.07, 6.45) is 2.42. The number of hydrogen-bond acceptors (Lipinski definition) is 3. The Morgan fingerprint density at radius 1 is 1.10 bits per heavy atom. The van der Waals surface area contributed by atoms with E-state index in [-0.39, 0.29) is 11.8 Å². The lowest BCUT2D eigenvalue weighted by Gasteiger charge is -2.40. The molecule has 29 heavy (non-hydrogen) atoms. The van der Waals surface area contributed by atoms with Crippen molar-refractivity contribution in [3.63, 3.8) is 0 Å². The van der Waals surface area contributed by atoms with Crippen molar-refractivity contribution in [3.05, 3.63) is 76.5 Å². The van der Waals surface area contributed by atoms with Crippen LogP contribution in [0.1, 0.15) is 48.9 Å². The van der Waals surface area contributed by atoms with Gasteiger partial charge < -0.3 is 15.0 Å². The summed E-state index contributed by atoms with van der Waals surface area (Å²) in [5, 5.41) is 4.08. The predicted octanol–water partition coefficient (Wildman–Crippen LogP) is 4.83. The summed E-state index contributed by atoms with van der Waals surface area (Å²) < 4.78 is 5.92. The number of nitrogens with zero attached hydrogens (tertiary/aromatic N) is 1. The molecule has 4 rings (SSSR count). The molecule has 2 aromatic carbocycles. The molecule has 5 heteroatoms. The highest BCUT2D eigenvalue weighted by Gasteiger charge is 2.36. The van der Waals surface area contributed by atoms with Gasteiger partial charge in [0.15, 0.2) is 10.9 Å². The number of rotatable bonds is 5. The van der Waals surface area contributed by atoms with Crippen molar-refractivity contribution in [2.24, 2.45) is 0 Å². The largest absolute Gasteiger partial charge is 0.489 e. The van der Waals surface area contributed by atoms with E-state index in [4.69, 9.17) is 17.0 Å². The summed E-state index contributed by atoms with van der Waals surface area (Å²) in [4.78, 5) is 14.8. The molecule has 2 aliphatic rings. The number of hydrogen-bond donors (Lipinski definition) is 1. The lowest BCUT2D eigenvalue weighted by Crippen LogP contribution is -2.49. The van der Waals surface area contributed by atoms with E-state index in [1.165, 1.54) is 5.56 Å². The Balaban J connectivity index is 1.54. The summed E-state index contributed by atoms with van der Waals surface area (Å²) in [6, 6.07) is 16.1. The van der Waals surface area contributed by atoms with Gasteiger partial charge in [0.05, 0.1) is 6.04 Å². The third kappa shape index (κ3) is 4.06. The average molecular weight is 407 g/mol. The number of ether oxygens (including phenoxy) is 1. The van der Waals surface area contributed by atoms with Crippen LogP contribution in [-0.2, 0) is 11.4 Å². The van der Waals surface area contributed by atoms with E-state index >= 15 is 0 Å². The van der Waals surface area contributed by atoms with E-state index in [9.17, 15) is 4.79 Å². The molecule has 1 aliphatic carbocycles. The molecule has 150 valence electrons. The zero-order valence-corrected chi connectivity index (χ0v) is 17.7. The molecule has 0 aromatic heterocycles. The van der Waals surface area contributed by atoms with Gasteiger partial charge in [0.1, 0.15) is 12.4 Å². The van der Waals surface area contributed by atoms with Gasteiger partial charge in [-0.15, -0.1) is 0 Å². The van der Waals surface area contributed by atoms with Crippen molar-refractivity contribution in [1.82, 2.24) is 10.2 Å². The van der Waals surface area contributed by atoms with Crippen molar-refractivity contribution in [2.75, 3.05) is 6.54 Å². The Morgan fingerprint density at radius 2 is 1.83 bits per heavy atom. The summed E-state index contributed by atoms with van der Waals surface area (Å²) in [7, 11) is 0. The topological polar surface area (TPSA) is 41.6 Å². The van der Waals surface area contributed by atoms with Crippen LogP contribution in [0.5, 0.6) is 5.75 Å². The average Bonchev–Trinajstić information content (AvgIpc) is 2.73. The van der Waals surface area contributed by atoms with Gasteiger partial charge in [-0.05, 0) is 62.2 Å². The zero-order chi connectivity index (χ0) is 20.4. The summed E-state index contributed by atoms with van der Waals surface area (Å²) in [5.41, 5.74) is 5.38. The predicted molar refractivity (Wildman–Crippen MR) is 119 cm³/mol. The number of ketones is 1. The van der Waals surface area contributed by atoms with Crippen LogP contribution >= 0.6 is 12.2 Å². The first-order valence-electron chi connectivity index (χ1n) is 10.2. The standard InChI is InChI=1S/C24H26N2O2S/c1-3-26-20-5-4-6-21(27)22(20)23(25-24(26)29)18-11-13-19(14-12-18)28-15-17-9-7-16(2)8-10-17/h7-14,23H,3-6,15H2,1-2H3,(H,25,29). The van der Waals surface area contributed by atoms with E-state index in [0.29, 0.717) is 18.1 Å². The van der Waals surface area contributed by atoms with Crippen LogP contribution in [0.3, 0.4) is 0 Å². The third-order valence-electron chi connectivity index (χ3n) is 5.61. The summed E-state index contributed by atoms with van der Waals surface area (Å²) in [5.74, 6) is 1.04. The SMILES string of the molecule is CCN1C(=S)NC(c2ccc(OCc3ccc(C)cc3)cc2)C2=C1CCCC2=O. The first-order chi connectivity index (χ1) is 14.1. The maximum Gasteiger partial charge on any atom is 0.173 e. The number of thiocarbonyl (C=S) groups is 1. The molecule has 0 spiro atoms. The normalized spacial score (nSPS) is 19.1. The highest BCUT2D eigenvalue weighted by atomic mass is 32.1. The minimum Gasteiger partial charge on any atom is -0.489 e. The van der Waals surface area contributed by atoms with E-state index in [1.54, 1.807) is 0 Å². The van der Waals surface area contributed by atoms with Gasteiger partial charge >= 0.3 is 0 Å². The lowest BCUT2D eigenvalue weighted by atomic mass is 9.85. The minimum atomic E-state index is -0.181. The Labute approximate surface area is 177 Å². The van der Waals surface area contributed by atoms with Crippen LogP contribution in [0.15, 0.2) is 59.8 Å². The smallest absolute Gasteiger partial charge is 0.173 e. The second-order valence-corrected chi connectivity index (χ2v) is 7.99. The maximum atomic E-state index is 12.7. The maximum absolute atomic E-state index is 12.7. The van der Waals surface area contributed by atoms with Crippen LogP contribution in [0.2, 0.25) is 0 Å². The van der Waals surface area contributed by atoms with Gasteiger partial charge in [-0.2, -0.15) is 0 Å². The third-order valence-corrected chi connectivity index (χ3v) is 5.95. The number of nitrogens with one attached hydrogen (secondary N) is 1. The number of Topliss-reactive ketones (excluding diaryl/α,β-unsaturated/α-hetero) is 1. The Kier molecular flexibility index (Phi) is 5.67. The molecule has 2 aromatic rings. The molecular formula is C24H26N2O2S. The number of aryl methyl sites for hydroxylation is 1. The van der Waals surface area contributed by atoms with Crippen molar-refractivity contribution >= 4 is 23.1 Å². The second-order valence-electron chi connectivity index (χ2n) is 7.61. The van der Waals surface area contributed by atoms with E-state index < -0.39 is 0 Å². The molecule has 0 saturated carbocycles. The monoisotopic (exact) mass is 406 g/mol. The molecular weight excluding hydrogens is 380 g/mol. The highest BCUT2D eigenvalue weighted by Crippen LogP contribution is 2.37. The van der Waals surface area contributed by atoms with Crippen molar-refractivity contribution < 1.29 is 9.53 Å². The van der Waals surface area contributed by atoms with Crippen molar-refractivity contribution in [3.8, 4) is 5.75 Å². The first kappa shape index (κ1) is 19.6. The van der Waals surface area contributed by atoms with Crippen LogP contribution in [0.4, 0.5) is 0 Å². The van der Waals surface area contributed by atoms with Gasteiger partial charge in [-0.1, -0.05) is 42.0 Å². The molecule has 0 bridgehead atoms. The number of benzene rings is 2. The highest BCUT2D eigenvalue weighted by molar-refractivity contribution is 7.80. The molecule has 1 N–H and O–H groups in total. The van der Waals surface area contributed by atoms with Gasteiger partial charge in [0.25, 0.3) is 0 Å². The molecule has 4 nitrogen and oxygen atoms in total. The van der Waals surface area contributed by atoms with Crippen LogP contribution in [-0.4, -0.2) is 22.3 Å². The first-order valence-corrected chi connectivity index (χ1v) is 10.6. The molecule has 1 atom stereocenters. The quantitative estimate of drug-likeness (QED) is 0.720. The van der Waals surface area contributed by atoms with Gasteiger partial charge in [-0.3, -0.25) is 4.79 Å². The van der Waals surface area contributed by atoms with Crippen LogP contribution < -0.4 is 10.1 Å². The van der Waals surface area contributed by atoms with Gasteiger partial charge in [0.2, 0.25) is 0 Å². The number of allylic oxidation sites excluding steroid dienone is 1. The van der Waals surface area contributed by atoms with Crippen LogP contribution in [0, 0.1) is 6.92 Å². The fourth-order valence-electron chi connectivity index (χ4n) is 4.04. The van der Waals surface area contributed by atoms with Gasteiger partial charge in [0, 0.05) is 24.2 Å². The van der Waals surface area contributed by atoms with E-state index in [2.05, 4.69) is 48.3 Å². The van der Waals surface area contributed by atoms with Gasteiger partial charge in [-0.25, -0.2) is 0 Å². The minimum absolute atomic E-state index is 0.181. The fourth-order valence-corrected chi connectivity index (χ4v) is 4.40. The number of carbonyl (C=O) groups is 1. The van der Waals surface area contributed by atoms with Crippen molar-refractivity contribution in [2.45, 2.75) is 45.8 Å². The molecule has 0 saturated heterocycles. The molecule has 1 aliphatic heterocycles. The molecule has 0 fully saturated rings. The van der Waals surface area contributed by atoms with Crippen molar-refractivity contribution in [1.29, 1.82) is 0 Å². The summed E-state index contributed by atoms with van der Waals surface area (Å²) in [6.45, 7) is 5.45.